The van der Waals surface area contributed by atoms with Crippen molar-refractivity contribution in [3.63, 3.8) is 0 Å². The number of rotatable bonds is 4. The van der Waals surface area contributed by atoms with Crippen molar-refractivity contribution in [3.05, 3.63) is 29.8 Å². The summed E-state index contributed by atoms with van der Waals surface area (Å²) in [6.07, 6.45) is 2.51. The average Bonchev–Trinajstić information content (AvgIpc) is 2.28. The lowest BCUT2D eigenvalue weighted by atomic mass is 10.1. The van der Waals surface area contributed by atoms with Gasteiger partial charge in [-0.15, -0.1) is 23.4 Å². The fourth-order valence-electron chi connectivity index (χ4n) is 1.28. The highest BCUT2D eigenvalue weighted by molar-refractivity contribution is 7.98. The highest BCUT2D eigenvalue weighted by Gasteiger charge is 2.17. The van der Waals surface area contributed by atoms with Crippen LogP contribution in [0.2, 0.25) is 0 Å². The Morgan fingerprint density at radius 1 is 1.53 bits per heavy atom. The Labute approximate surface area is 99.0 Å². The molecule has 82 valence electrons. The minimum absolute atomic E-state index is 0.382. The second-order valence-corrected chi connectivity index (χ2v) is 4.38. The lowest BCUT2D eigenvalue weighted by Crippen LogP contribution is -2.18. The van der Waals surface area contributed by atoms with E-state index in [-0.39, 0.29) is 5.97 Å². The van der Waals surface area contributed by atoms with Gasteiger partial charge >= 0.3 is 5.97 Å². The molecule has 0 N–H and O–H groups in total. The Morgan fingerprint density at radius 2 is 2.20 bits per heavy atom. The van der Waals surface area contributed by atoms with Gasteiger partial charge in [0, 0.05) is 11.3 Å². The summed E-state index contributed by atoms with van der Waals surface area (Å²) >= 11 is 7.56. The maximum atomic E-state index is 11.2. The van der Waals surface area contributed by atoms with Gasteiger partial charge in [-0.1, -0.05) is 18.2 Å². The molecule has 0 spiro atoms. The summed E-state index contributed by atoms with van der Waals surface area (Å²) < 4.78 is 4.58. The van der Waals surface area contributed by atoms with Crippen LogP contribution in [-0.4, -0.2) is 24.7 Å². The number of benzene rings is 1. The van der Waals surface area contributed by atoms with Crippen LogP contribution in [0.15, 0.2) is 29.2 Å². The van der Waals surface area contributed by atoms with Crippen LogP contribution in [0.4, 0.5) is 0 Å². The van der Waals surface area contributed by atoms with E-state index in [4.69, 9.17) is 11.6 Å². The summed E-state index contributed by atoms with van der Waals surface area (Å²) in [7, 11) is 1.35. The molecule has 1 rings (SSSR count). The summed E-state index contributed by atoms with van der Waals surface area (Å²) in [5, 5.41) is -0.608. The molecule has 1 atom stereocenters. The standard InChI is InChI=1S/C11H13ClO2S/c1-14-11(13)9(12)7-8-5-3-4-6-10(8)15-2/h3-6,9H,7H2,1-2H3. The third kappa shape index (κ3) is 3.43. The van der Waals surface area contributed by atoms with Crippen LogP contribution in [0.3, 0.4) is 0 Å². The minimum atomic E-state index is -0.608. The molecule has 4 heteroatoms. The zero-order chi connectivity index (χ0) is 11.3. The third-order valence-corrected chi connectivity index (χ3v) is 3.22. The van der Waals surface area contributed by atoms with Crippen LogP contribution in [0.25, 0.3) is 0 Å². The molecule has 0 amide bonds. The fourth-order valence-corrected chi connectivity index (χ4v) is 2.16. The van der Waals surface area contributed by atoms with Gasteiger partial charge in [0.05, 0.1) is 7.11 Å². The lowest BCUT2D eigenvalue weighted by Gasteiger charge is -2.10. The van der Waals surface area contributed by atoms with Gasteiger partial charge in [0.15, 0.2) is 0 Å². The van der Waals surface area contributed by atoms with E-state index in [1.165, 1.54) is 7.11 Å². The topological polar surface area (TPSA) is 26.3 Å². The molecule has 0 fully saturated rings. The van der Waals surface area contributed by atoms with E-state index in [1.54, 1.807) is 11.8 Å². The number of carbonyl (C=O) groups is 1. The Balaban J connectivity index is 2.75. The highest BCUT2D eigenvalue weighted by atomic mass is 35.5. The average molecular weight is 245 g/mol. The highest BCUT2D eigenvalue weighted by Crippen LogP contribution is 2.22. The first-order valence-electron chi connectivity index (χ1n) is 4.52. The van der Waals surface area contributed by atoms with Crippen LogP contribution in [0.1, 0.15) is 5.56 Å². The summed E-state index contributed by atoms with van der Waals surface area (Å²) in [5.74, 6) is -0.382. The van der Waals surface area contributed by atoms with Gasteiger partial charge in [-0.25, -0.2) is 0 Å². The number of ether oxygens (including phenoxy) is 1. The summed E-state index contributed by atoms with van der Waals surface area (Å²) in [6, 6.07) is 7.90. The number of alkyl halides is 1. The number of methoxy groups -OCH3 is 1. The van der Waals surface area contributed by atoms with E-state index in [1.807, 2.05) is 30.5 Å². The molecule has 0 saturated carbocycles. The normalized spacial score (nSPS) is 12.2. The van der Waals surface area contributed by atoms with Crippen molar-refractivity contribution in [1.29, 1.82) is 0 Å². The molecule has 2 nitrogen and oxygen atoms in total. The molecule has 0 radical (unpaired) electrons. The predicted molar refractivity (Wildman–Crippen MR) is 63.6 cm³/mol. The molecule has 0 aliphatic rings. The van der Waals surface area contributed by atoms with Gasteiger partial charge in [0.2, 0.25) is 0 Å². The third-order valence-electron chi connectivity index (χ3n) is 2.05. The molecule has 0 aliphatic carbocycles. The number of hydrogen-bond acceptors (Lipinski definition) is 3. The first-order chi connectivity index (χ1) is 7.19. The molecule has 1 aromatic carbocycles. The molecule has 1 aromatic rings. The molecule has 0 saturated heterocycles. The Morgan fingerprint density at radius 3 is 2.80 bits per heavy atom. The molecular weight excluding hydrogens is 232 g/mol. The van der Waals surface area contributed by atoms with E-state index in [0.717, 1.165) is 10.5 Å². The molecular formula is C11H13ClO2S. The summed E-state index contributed by atoms with van der Waals surface area (Å²) in [5.41, 5.74) is 1.08. The van der Waals surface area contributed by atoms with Crippen LogP contribution < -0.4 is 0 Å². The number of hydrogen-bond donors (Lipinski definition) is 0. The molecule has 0 heterocycles. The minimum Gasteiger partial charge on any atom is -0.468 e. The zero-order valence-electron chi connectivity index (χ0n) is 8.70. The van der Waals surface area contributed by atoms with E-state index in [9.17, 15) is 4.79 Å². The summed E-state index contributed by atoms with van der Waals surface area (Å²) in [6.45, 7) is 0. The fraction of sp³-hybridized carbons (Fsp3) is 0.364. The van der Waals surface area contributed by atoms with Gasteiger partial charge < -0.3 is 4.74 Å². The molecule has 0 aliphatic heterocycles. The Kier molecular flexibility index (Phi) is 4.99. The maximum Gasteiger partial charge on any atom is 0.324 e. The second kappa shape index (κ2) is 6.03. The maximum absolute atomic E-state index is 11.2. The van der Waals surface area contributed by atoms with Crippen molar-refractivity contribution in [2.24, 2.45) is 0 Å². The first-order valence-corrected chi connectivity index (χ1v) is 6.19. The molecule has 0 aromatic heterocycles. The zero-order valence-corrected chi connectivity index (χ0v) is 10.3. The number of halogens is 1. The quantitative estimate of drug-likeness (QED) is 0.463. The predicted octanol–water partition coefficient (Wildman–Crippen LogP) is 2.73. The van der Waals surface area contributed by atoms with Crippen molar-refractivity contribution < 1.29 is 9.53 Å². The van der Waals surface area contributed by atoms with Crippen molar-refractivity contribution in [1.82, 2.24) is 0 Å². The SMILES string of the molecule is COC(=O)C(Cl)Cc1ccccc1SC. The van der Waals surface area contributed by atoms with Gasteiger partial charge in [-0.05, 0) is 17.9 Å². The van der Waals surface area contributed by atoms with Crippen LogP contribution in [0.5, 0.6) is 0 Å². The largest absolute Gasteiger partial charge is 0.468 e. The summed E-state index contributed by atoms with van der Waals surface area (Å²) in [4.78, 5) is 12.3. The van der Waals surface area contributed by atoms with Crippen LogP contribution >= 0.6 is 23.4 Å². The van der Waals surface area contributed by atoms with E-state index >= 15 is 0 Å². The molecule has 15 heavy (non-hydrogen) atoms. The van der Waals surface area contributed by atoms with Gasteiger partial charge in [0.25, 0.3) is 0 Å². The first kappa shape index (κ1) is 12.4. The van der Waals surface area contributed by atoms with E-state index in [0.29, 0.717) is 6.42 Å². The monoisotopic (exact) mass is 244 g/mol. The van der Waals surface area contributed by atoms with E-state index in [2.05, 4.69) is 4.74 Å². The Hall–Kier alpha value is -0.670. The Bertz CT molecular complexity index is 341. The number of esters is 1. The number of carbonyl (C=O) groups excluding carboxylic acids is 1. The van der Waals surface area contributed by atoms with Gasteiger partial charge in [0.1, 0.15) is 5.38 Å². The smallest absolute Gasteiger partial charge is 0.324 e. The van der Waals surface area contributed by atoms with Gasteiger partial charge in [-0.2, -0.15) is 0 Å². The van der Waals surface area contributed by atoms with Crippen molar-refractivity contribution >= 4 is 29.3 Å². The number of thioether (sulfide) groups is 1. The van der Waals surface area contributed by atoms with Crippen molar-refractivity contribution in [2.45, 2.75) is 16.7 Å². The van der Waals surface area contributed by atoms with Crippen molar-refractivity contribution in [2.75, 3.05) is 13.4 Å². The van der Waals surface area contributed by atoms with Crippen LogP contribution in [0, 0.1) is 0 Å². The lowest BCUT2D eigenvalue weighted by molar-refractivity contribution is -0.140. The molecule has 0 bridgehead atoms. The van der Waals surface area contributed by atoms with Crippen LogP contribution in [-0.2, 0) is 16.0 Å². The van der Waals surface area contributed by atoms with Gasteiger partial charge in [-0.3, -0.25) is 4.79 Å². The second-order valence-electron chi connectivity index (χ2n) is 3.01. The molecule has 1 unspecified atom stereocenters. The van der Waals surface area contributed by atoms with Crippen molar-refractivity contribution in [3.8, 4) is 0 Å². The van der Waals surface area contributed by atoms with E-state index < -0.39 is 5.38 Å².